The van der Waals surface area contributed by atoms with Gasteiger partial charge < -0.3 is 15.4 Å². The molecule has 0 aliphatic heterocycles. The standard InChI is InChI=1S/C13H13F3N2O2S/c14-13(15,16)9-3-1-8(2-4-9)11(19)6-17-5-10-7-21-12(20)18-10/h1-4,7,11,17,19H,5-6H2,(H,18,20). The van der Waals surface area contributed by atoms with Crippen LogP contribution in [0.25, 0.3) is 0 Å². The fourth-order valence-corrected chi connectivity index (χ4v) is 2.34. The fourth-order valence-electron chi connectivity index (χ4n) is 1.76. The predicted molar refractivity (Wildman–Crippen MR) is 73.1 cm³/mol. The van der Waals surface area contributed by atoms with Crippen LogP contribution < -0.4 is 10.2 Å². The first-order chi connectivity index (χ1) is 9.86. The topological polar surface area (TPSA) is 65.1 Å². The largest absolute Gasteiger partial charge is 0.416 e. The number of aromatic amines is 1. The molecule has 0 aliphatic carbocycles. The molecule has 0 fully saturated rings. The summed E-state index contributed by atoms with van der Waals surface area (Å²) in [5.41, 5.74) is 0.348. The molecule has 1 atom stereocenters. The first kappa shape index (κ1) is 15.7. The average Bonchev–Trinajstić information content (AvgIpc) is 2.83. The Hall–Kier alpha value is -1.64. The molecule has 21 heavy (non-hydrogen) atoms. The molecule has 2 rings (SSSR count). The number of hydrogen-bond donors (Lipinski definition) is 3. The second kappa shape index (κ2) is 6.42. The zero-order chi connectivity index (χ0) is 15.5. The Morgan fingerprint density at radius 3 is 2.48 bits per heavy atom. The van der Waals surface area contributed by atoms with E-state index >= 15 is 0 Å². The van der Waals surface area contributed by atoms with Crippen molar-refractivity contribution in [2.24, 2.45) is 0 Å². The number of alkyl halides is 3. The van der Waals surface area contributed by atoms with Crippen LogP contribution in [0.2, 0.25) is 0 Å². The average molecular weight is 318 g/mol. The van der Waals surface area contributed by atoms with Crippen LogP contribution in [0.15, 0.2) is 34.4 Å². The van der Waals surface area contributed by atoms with Gasteiger partial charge in [-0.25, -0.2) is 0 Å². The van der Waals surface area contributed by atoms with Gasteiger partial charge in [0.2, 0.25) is 0 Å². The molecule has 3 N–H and O–H groups in total. The van der Waals surface area contributed by atoms with E-state index in [4.69, 9.17) is 0 Å². The zero-order valence-electron chi connectivity index (χ0n) is 10.8. The van der Waals surface area contributed by atoms with Crippen molar-refractivity contribution in [1.29, 1.82) is 0 Å². The van der Waals surface area contributed by atoms with Crippen molar-refractivity contribution in [3.05, 3.63) is 56.1 Å². The Morgan fingerprint density at radius 2 is 1.95 bits per heavy atom. The van der Waals surface area contributed by atoms with Crippen molar-refractivity contribution >= 4 is 11.3 Å². The van der Waals surface area contributed by atoms with Gasteiger partial charge in [0.05, 0.1) is 11.7 Å². The maximum Gasteiger partial charge on any atom is 0.416 e. The van der Waals surface area contributed by atoms with Crippen molar-refractivity contribution in [3.8, 4) is 0 Å². The third kappa shape index (κ3) is 4.42. The monoisotopic (exact) mass is 318 g/mol. The van der Waals surface area contributed by atoms with Gasteiger partial charge in [-0.15, -0.1) is 0 Å². The molecule has 0 amide bonds. The summed E-state index contributed by atoms with van der Waals surface area (Å²) in [6.07, 6.45) is -5.30. The summed E-state index contributed by atoms with van der Waals surface area (Å²) in [4.78, 5) is 13.4. The van der Waals surface area contributed by atoms with Crippen LogP contribution >= 0.6 is 11.3 Å². The SMILES string of the molecule is O=c1[nH]c(CNCC(O)c2ccc(C(F)(F)F)cc2)cs1. The third-order valence-electron chi connectivity index (χ3n) is 2.85. The van der Waals surface area contributed by atoms with Gasteiger partial charge >= 0.3 is 11.0 Å². The summed E-state index contributed by atoms with van der Waals surface area (Å²) in [5.74, 6) is 0. The molecule has 2 aromatic rings. The second-order valence-corrected chi connectivity index (χ2v) is 5.28. The van der Waals surface area contributed by atoms with E-state index in [1.807, 2.05) is 0 Å². The Balaban J connectivity index is 1.88. The Morgan fingerprint density at radius 1 is 1.29 bits per heavy atom. The molecule has 0 bridgehead atoms. The van der Waals surface area contributed by atoms with Crippen LogP contribution in [0, 0.1) is 0 Å². The number of nitrogens with one attached hydrogen (secondary N) is 2. The molecule has 1 heterocycles. The lowest BCUT2D eigenvalue weighted by molar-refractivity contribution is -0.137. The van der Waals surface area contributed by atoms with E-state index in [2.05, 4.69) is 10.3 Å². The highest BCUT2D eigenvalue weighted by atomic mass is 32.1. The molecule has 8 heteroatoms. The first-order valence-corrected chi connectivity index (χ1v) is 6.97. The number of rotatable bonds is 5. The van der Waals surface area contributed by atoms with Gasteiger partial charge in [0.25, 0.3) is 0 Å². The van der Waals surface area contributed by atoms with Crippen LogP contribution in [0.3, 0.4) is 0 Å². The van der Waals surface area contributed by atoms with Gasteiger partial charge in [-0.05, 0) is 17.7 Å². The summed E-state index contributed by atoms with van der Waals surface area (Å²) in [5, 5.41) is 14.5. The Kier molecular flexibility index (Phi) is 4.81. The highest BCUT2D eigenvalue weighted by Gasteiger charge is 2.30. The summed E-state index contributed by atoms with van der Waals surface area (Å²) < 4.78 is 37.2. The van der Waals surface area contributed by atoms with Crippen LogP contribution in [0.4, 0.5) is 13.2 Å². The number of halogens is 3. The predicted octanol–water partition coefficient (Wildman–Crippen LogP) is 2.28. The first-order valence-electron chi connectivity index (χ1n) is 6.09. The lowest BCUT2D eigenvalue weighted by Gasteiger charge is -2.13. The van der Waals surface area contributed by atoms with Crippen LogP contribution in [-0.2, 0) is 12.7 Å². The fraction of sp³-hybridized carbons (Fsp3) is 0.308. The minimum Gasteiger partial charge on any atom is -0.387 e. The van der Waals surface area contributed by atoms with Crippen LogP contribution in [0.5, 0.6) is 0 Å². The maximum absolute atomic E-state index is 12.4. The molecule has 1 aromatic carbocycles. The normalized spacial score (nSPS) is 13.3. The van der Waals surface area contributed by atoms with E-state index < -0.39 is 17.8 Å². The van der Waals surface area contributed by atoms with Crippen molar-refractivity contribution in [3.63, 3.8) is 0 Å². The van der Waals surface area contributed by atoms with Gasteiger partial charge in [0, 0.05) is 24.2 Å². The quantitative estimate of drug-likeness (QED) is 0.792. The molecule has 0 saturated carbocycles. The van der Waals surface area contributed by atoms with Crippen molar-refractivity contribution in [2.45, 2.75) is 18.8 Å². The molecule has 1 unspecified atom stereocenters. The van der Waals surface area contributed by atoms with Crippen molar-refractivity contribution in [2.75, 3.05) is 6.54 Å². The summed E-state index contributed by atoms with van der Waals surface area (Å²) in [7, 11) is 0. The van der Waals surface area contributed by atoms with Crippen LogP contribution in [-0.4, -0.2) is 16.6 Å². The molecular weight excluding hydrogens is 305 g/mol. The lowest BCUT2D eigenvalue weighted by atomic mass is 10.1. The Labute approximate surface area is 122 Å². The highest BCUT2D eigenvalue weighted by Crippen LogP contribution is 2.29. The number of H-pyrrole nitrogens is 1. The summed E-state index contributed by atoms with van der Waals surface area (Å²) in [6, 6.07) is 4.38. The highest BCUT2D eigenvalue weighted by molar-refractivity contribution is 7.07. The number of aromatic nitrogens is 1. The number of hydrogen-bond acceptors (Lipinski definition) is 4. The Bertz CT molecular complexity index is 634. The lowest BCUT2D eigenvalue weighted by Crippen LogP contribution is -2.21. The number of aliphatic hydroxyl groups excluding tert-OH is 1. The van der Waals surface area contributed by atoms with E-state index in [1.54, 1.807) is 5.38 Å². The molecule has 0 radical (unpaired) electrons. The van der Waals surface area contributed by atoms with E-state index in [0.717, 1.165) is 23.5 Å². The van der Waals surface area contributed by atoms with Gasteiger partial charge in [-0.3, -0.25) is 4.79 Å². The third-order valence-corrected chi connectivity index (χ3v) is 3.57. The smallest absolute Gasteiger partial charge is 0.387 e. The van der Waals surface area contributed by atoms with E-state index in [-0.39, 0.29) is 11.4 Å². The molecule has 0 aliphatic rings. The van der Waals surface area contributed by atoms with E-state index in [1.165, 1.54) is 12.1 Å². The van der Waals surface area contributed by atoms with E-state index in [0.29, 0.717) is 17.8 Å². The molecule has 1 aromatic heterocycles. The van der Waals surface area contributed by atoms with Gasteiger partial charge in [0.1, 0.15) is 0 Å². The molecular formula is C13H13F3N2O2S. The number of thiazole rings is 1. The van der Waals surface area contributed by atoms with Gasteiger partial charge in [-0.2, -0.15) is 13.2 Å². The number of benzene rings is 1. The summed E-state index contributed by atoms with van der Waals surface area (Å²) in [6.45, 7) is 0.541. The van der Waals surface area contributed by atoms with Crippen LogP contribution in [0.1, 0.15) is 22.9 Å². The van der Waals surface area contributed by atoms with Gasteiger partial charge in [-0.1, -0.05) is 23.5 Å². The molecule has 4 nitrogen and oxygen atoms in total. The molecule has 114 valence electrons. The van der Waals surface area contributed by atoms with Crippen molar-refractivity contribution in [1.82, 2.24) is 10.3 Å². The maximum atomic E-state index is 12.4. The van der Waals surface area contributed by atoms with E-state index in [9.17, 15) is 23.1 Å². The van der Waals surface area contributed by atoms with Gasteiger partial charge in [0.15, 0.2) is 0 Å². The minimum absolute atomic E-state index is 0.157. The summed E-state index contributed by atoms with van der Waals surface area (Å²) >= 11 is 1.04. The minimum atomic E-state index is -4.38. The zero-order valence-corrected chi connectivity index (χ0v) is 11.6. The van der Waals surface area contributed by atoms with Crippen molar-refractivity contribution < 1.29 is 18.3 Å². The second-order valence-electron chi connectivity index (χ2n) is 4.44. The number of aliphatic hydroxyl groups is 1. The molecule has 0 saturated heterocycles. The molecule has 0 spiro atoms.